The van der Waals surface area contributed by atoms with Crippen molar-refractivity contribution in [3.8, 4) is 5.75 Å². The van der Waals surface area contributed by atoms with Gasteiger partial charge in [-0.15, -0.1) is 13.2 Å². The molecule has 2 aliphatic rings. The normalized spacial score (nSPS) is 20.7. The molecule has 7 nitrogen and oxygen atoms in total. The van der Waals surface area contributed by atoms with Gasteiger partial charge in [0.25, 0.3) is 0 Å². The van der Waals surface area contributed by atoms with Crippen LogP contribution in [0.3, 0.4) is 0 Å². The van der Waals surface area contributed by atoms with Crippen LogP contribution < -0.4 is 10.1 Å². The number of hydrogen-bond donors (Lipinski definition) is 3. The second kappa shape index (κ2) is 9.33. The lowest BCUT2D eigenvalue weighted by Gasteiger charge is -2.42. The molecule has 0 radical (unpaired) electrons. The number of amides is 2. The number of rotatable bonds is 5. The van der Waals surface area contributed by atoms with Crippen LogP contribution in [0.25, 0.3) is 0 Å². The molecule has 1 heterocycles. The third kappa shape index (κ3) is 6.03. The Kier molecular flexibility index (Phi) is 6.98. The first-order valence-electron chi connectivity index (χ1n) is 10.4. The molecular weight excluding hydrogens is 417 g/mol. The lowest BCUT2D eigenvalue weighted by atomic mass is 9.72. The van der Waals surface area contributed by atoms with Gasteiger partial charge in [-0.05, 0) is 43.4 Å². The largest absolute Gasteiger partial charge is 0.573 e. The molecule has 1 aromatic rings. The molecule has 1 aromatic carbocycles. The van der Waals surface area contributed by atoms with Gasteiger partial charge in [-0.1, -0.05) is 31.4 Å². The van der Waals surface area contributed by atoms with Crippen LogP contribution in [0.4, 0.5) is 18.0 Å². The van der Waals surface area contributed by atoms with Gasteiger partial charge in [0.1, 0.15) is 5.75 Å². The van der Waals surface area contributed by atoms with E-state index >= 15 is 0 Å². The number of likely N-dealkylation sites (tertiary alicyclic amines) is 1. The molecule has 2 fully saturated rings. The standard InChI is InChI=1S/C21H27F3N2O5/c22-21(23,24)31-16-6-4-14(5-7-16)17(20(30)10-2-1-3-11-20)18(27)26-12-8-15(9-13-26)25-19(28)29/h4-7,15,17,25,30H,1-3,8-13H2,(H,28,29). The van der Waals surface area contributed by atoms with Crippen LogP contribution in [0.1, 0.15) is 56.4 Å². The maximum absolute atomic E-state index is 13.5. The average Bonchev–Trinajstić information content (AvgIpc) is 2.69. The van der Waals surface area contributed by atoms with Gasteiger partial charge in [-0.25, -0.2) is 4.79 Å². The fourth-order valence-electron chi connectivity index (χ4n) is 4.60. The quantitative estimate of drug-likeness (QED) is 0.644. The maximum Gasteiger partial charge on any atom is 0.573 e. The van der Waals surface area contributed by atoms with E-state index in [9.17, 15) is 27.9 Å². The van der Waals surface area contributed by atoms with Crippen molar-refractivity contribution >= 4 is 12.0 Å². The highest BCUT2D eigenvalue weighted by molar-refractivity contribution is 5.85. The molecule has 3 N–H and O–H groups in total. The van der Waals surface area contributed by atoms with Crippen LogP contribution in [-0.2, 0) is 4.79 Å². The summed E-state index contributed by atoms with van der Waals surface area (Å²) < 4.78 is 41.3. The number of carboxylic acid groups (broad SMARTS) is 1. The first-order valence-corrected chi connectivity index (χ1v) is 10.4. The molecule has 1 atom stereocenters. The Balaban J connectivity index is 1.80. The summed E-state index contributed by atoms with van der Waals surface area (Å²) >= 11 is 0. The SMILES string of the molecule is O=C(O)NC1CCN(C(=O)C(c2ccc(OC(F)(F)F)cc2)C2(O)CCCCC2)CC1. The summed E-state index contributed by atoms with van der Waals surface area (Å²) in [4.78, 5) is 25.9. The second-order valence-corrected chi connectivity index (χ2v) is 8.26. The van der Waals surface area contributed by atoms with Gasteiger partial charge in [0.05, 0.1) is 11.5 Å². The molecule has 1 saturated heterocycles. The van der Waals surface area contributed by atoms with E-state index < -0.39 is 29.7 Å². The van der Waals surface area contributed by atoms with Crippen LogP contribution in [-0.4, -0.2) is 58.2 Å². The molecule has 172 valence electrons. The van der Waals surface area contributed by atoms with Gasteiger partial charge in [0.15, 0.2) is 0 Å². The Hall–Kier alpha value is -2.49. The minimum absolute atomic E-state index is 0.239. The van der Waals surface area contributed by atoms with E-state index in [1.807, 2.05) is 0 Å². The summed E-state index contributed by atoms with van der Waals surface area (Å²) in [7, 11) is 0. The Morgan fingerprint density at radius 1 is 1.10 bits per heavy atom. The number of aliphatic hydroxyl groups is 1. The topological polar surface area (TPSA) is 99.1 Å². The summed E-state index contributed by atoms with van der Waals surface area (Å²) in [5.41, 5.74) is -0.840. The summed E-state index contributed by atoms with van der Waals surface area (Å²) in [5, 5.41) is 22.7. The third-order valence-electron chi connectivity index (χ3n) is 6.08. The van der Waals surface area contributed by atoms with Gasteiger partial charge < -0.3 is 25.2 Å². The van der Waals surface area contributed by atoms with E-state index in [4.69, 9.17) is 5.11 Å². The van der Waals surface area contributed by atoms with Gasteiger partial charge in [0, 0.05) is 19.1 Å². The highest BCUT2D eigenvalue weighted by atomic mass is 19.4. The predicted octanol–water partition coefficient (Wildman–Crippen LogP) is 3.62. The summed E-state index contributed by atoms with van der Waals surface area (Å²) in [6.07, 6.45) is -1.66. The fourth-order valence-corrected chi connectivity index (χ4v) is 4.60. The molecule has 31 heavy (non-hydrogen) atoms. The highest BCUT2D eigenvalue weighted by Crippen LogP contribution is 2.42. The van der Waals surface area contributed by atoms with Crippen molar-refractivity contribution in [2.75, 3.05) is 13.1 Å². The molecular formula is C21H27F3N2O5. The van der Waals surface area contributed by atoms with E-state index in [1.165, 1.54) is 12.1 Å². The molecule has 10 heteroatoms. The molecule has 0 spiro atoms. The zero-order chi connectivity index (χ0) is 22.6. The first-order chi connectivity index (χ1) is 14.6. The van der Waals surface area contributed by atoms with Crippen molar-refractivity contribution in [1.29, 1.82) is 0 Å². The van der Waals surface area contributed by atoms with Crippen LogP contribution in [0.15, 0.2) is 24.3 Å². The number of hydrogen-bond acceptors (Lipinski definition) is 4. The van der Waals surface area contributed by atoms with Crippen molar-refractivity contribution in [3.05, 3.63) is 29.8 Å². The van der Waals surface area contributed by atoms with Crippen molar-refractivity contribution in [2.45, 2.75) is 68.9 Å². The number of ether oxygens (including phenoxy) is 1. The van der Waals surface area contributed by atoms with E-state index in [0.717, 1.165) is 31.4 Å². The molecule has 3 rings (SSSR count). The van der Waals surface area contributed by atoms with Crippen molar-refractivity contribution in [1.82, 2.24) is 10.2 Å². The number of carbonyl (C=O) groups excluding carboxylic acids is 1. The Bertz CT molecular complexity index is 770. The minimum atomic E-state index is -4.81. The van der Waals surface area contributed by atoms with Crippen molar-refractivity contribution in [2.24, 2.45) is 0 Å². The monoisotopic (exact) mass is 444 g/mol. The third-order valence-corrected chi connectivity index (χ3v) is 6.08. The van der Waals surface area contributed by atoms with Gasteiger partial charge in [-0.3, -0.25) is 4.79 Å². The van der Waals surface area contributed by atoms with Crippen LogP contribution in [0.2, 0.25) is 0 Å². The summed E-state index contributed by atoms with van der Waals surface area (Å²) in [6, 6.07) is 4.86. The first kappa shape index (κ1) is 23.2. The number of alkyl halides is 3. The van der Waals surface area contributed by atoms with Gasteiger partial charge in [-0.2, -0.15) is 0 Å². The Labute approximate surface area is 178 Å². The molecule has 0 bridgehead atoms. The van der Waals surface area contributed by atoms with Crippen molar-refractivity contribution in [3.63, 3.8) is 0 Å². The molecule has 2 amide bonds. The van der Waals surface area contributed by atoms with Crippen LogP contribution in [0, 0.1) is 0 Å². The average molecular weight is 444 g/mol. The van der Waals surface area contributed by atoms with Gasteiger partial charge >= 0.3 is 12.5 Å². The second-order valence-electron chi connectivity index (χ2n) is 8.26. The molecule has 1 aliphatic heterocycles. The molecule has 1 saturated carbocycles. The molecule has 1 unspecified atom stereocenters. The number of piperidine rings is 1. The van der Waals surface area contributed by atoms with E-state index in [1.54, 1.807) is 4.90 Å². The summed E-state index contributed by atoms with van der Waals surface area (Å²) in [6.45, 7) is 0.678. The van der Waals surface area contributed by atoms with E-state index in [2.05, 4.69) is 10.1 Å². The fraction of sp³-hybridized carbons (Fsp3) is 0.619. The molecule has 1 aliphatic carbocycles. The van der Waals surface area contributed by atoms with Crippen molar-refractivity contribution < 1.29 is 37.7 Å². The van der Waals surface area contributed by atoms with E-state index in [-0.39, 0.29) is 11.9 Å². The van der Waals surface area contributed by atoms with E-state index in [0.29, 0.717) is 44.3 Å². The van der Waals surface area contributed by atoms with Crippen LogP contribution in [0.5, 0.6) is 5.75 Å². The Morgan fingerprint density at radius 2 is 1.68 bits per heavy atom. The maximum atomic E-state index is 13.5. The molecule has 0 aromatic heterocycles. The van der Waals surface area contributed by atoms with Crippen LogP contribution >= 0.6 is 0 Å². The minimum Gasteiger partial charge on any atom is -0.465 e. The highest BCUT2D eigenvalue weighted by Gasteiger charge is 2.45. The zero-order valence-electron chi connectivity index (χ0n) is 17.0. The number of benzene rings is 1. The summed E-state index contributed by atoms with van der Waals surface area (Å²) in [5.74, 6) is -1.59. The lowest BCUT2D eigenvalue weighted by Crippen LogP contribution is -2.52. The predicted molar refractivity (Wildman–Crippen MR) is 105 cm³/mol. The zero-order valence-corrected chi connectivity index (χ0v) is 17.0. The number of nitrogens with zero attached hydrogens (tertiary/aromatic N) is 1. The Morgan fingerprint density at radius 3 is 2.19 bits per heavy atom. The number of nitrogens with one attached hydrogen (secondary N) is 1. The smallest absolute Gasteiger partial charge is 0.465 e. The lowest BCUT2D eigenvalue weighted by molar-refractivity contribution is -0.274. The van der Waals surface area contributed by atoms with Gasteiger partial charge in [0.2, 0.25) is 5.91 Å². The number of carbonyl (C=O) groups is 2. The number of halogens is 3.